The summed E-state index contributed by atoms with van der Waals surface area (Å²) in [5.74, 6) is 0.000432. The van der Waals surface area contributed by atoms with Crippen LogP contribution in [-0.4, -0.2) is 18.5 Å². The number of hydrogen-bond acceptors (Lipinski definition) is 2. The highest BCUT2D eigenvalue weighted by molar-refractivity contribution is 9.10. The minimum Gasteiger partial charge on any atom is -0.324 e. The standard InChI is InChI=1S/C11H12BrClN2O/c12-10-7(13)3-1-4-8(10)15-11(16)9-5-2-6-14-9/h1,3-4,9,14H,2,5-6H2,(H,15,16)/t9-/m1/s1. The van der Waals surface area contributed by atoms with Crippen molar-refractivity contribution in [2.75, 3.05) is 11.9 Å². The average molecular weight is 304 g/mol. The molecule has 0 radical (unpaired) electrons. The zero-order valence-electron chi connectivity index (χ0n) is 8.59. The van der Waals surface area contributed by atoms with Crippen LogP contribution in [0.25, 0.3) is 0 Å². The van der Waals surface area contributed by atoms with Gasteiger partial charge in [0.1, 0.15) is 0 Å². The summed E-state index contributed by atoms with van der Waals surface area (Å²) in [5, 5.41) is 6.61. The van der Waals surface area contributed by atoms with Gasteiger partial charge < -0.3 is 10.6 Å². The Morgan fingerprint density at radius 2 is 2.38 bits per heavy atom. The van der Waals surface area contributed by atoms with Gasteiger partial charge in [-0.1, -0.05) is 17.7 Å². The van der Waals surface area contributed by atoms with E-state index in [0.29, 0.717) is 10.7 Å². The number of carbonyl (C=O) groups excluding carboxylic acids is 1. The molecule has 0 aromatic heterocycles. The highest BCUT2D eigenvalue weighted by Crippen LogP contribution is 2.30. The first-order valence-corrected chi connectivity index (χ1v) is 6.34. The number of anilines is 1. The summed E-state index contributed by atoms with van der Waals surface area (Å²) in [4.78, 5) is 11.8. The molecule has 0 aliphatic carbocycles. The molecule has 1 aliphatic rings. The van der Waals surface area contributed by atoms with Crippen LogP contribution >= 0.6 is 27.5 Å². The van der Waals surface area contributed by atoms with E-state index in [0.717, 1.165) is 23.9 Å². The maximum absolute atomic E-state index is 11.8. The van der Waals surface area contributed by atoms with Gasteiger partial charge in [-0.3, -0.25) is 4.79 Å². The number of nitrogens with one attached hydrogen (secondary N) is 2. The molecule has 1 aromatic rings. The lowest BCUT2D eigenvalue weighted by atomic mass is 10.2. The van der Waals surface area contributed by atoms with Crippen molar-refractivity contribution in [1.29, 1.82) is 0 Å². The van der Waals surface area contributed by atoms with Crippen LogP contribution in [0.5, 0.6) is 0 Å². The summed E-state index contributed by atoms with van der Waals surface area (Å²) in [5.41, 5.74) is 0.714. The van der Waals surface area contributed by atoms with Crippen LogP contribution in [0.2, 0.25) is 5.02 Å². The molecule has 0 bridgehead atoms. The number of rotatable bonds is 2. The fourth-order valence-corrected chi connectivity index (χ4v) is 2.27. The van der Waals surface area contributed by atoms with E-state index in [1.165, 1.54) is 0 Å². The van der Waals surface area contributed by atoms with Crippen molar-refractivity contribution in [1.82, 2.24) is 5.32 Å². The molecule has 1 heterocycles. The van der Waals surface area contributed by atoms with Gasteiger partial charge in [-0.05, 0) is 47.4 Å². The van der Waals surface area contributed by atoms with Gasteiger partial charge in [-0.25, -0.2) is 0 Å². The van der Waals surface area contributed by atoms with Crippen LogP contribution < -0.4 is 10.6 Å². The second-order valence-electron chi connectivity index (χ2n) is 3.74. The van der Waals surface area contributed by atoms with Crippen LogP contribution in [0.4, 0.5) is 5.69 Å². The van der Waals surface area contributed by atoms with Gasteiger partial charge in [0.15, 0.2) is 0 Å². The number of benzene rings is 1. The molecule has 16 heavy (non-hydrogen) atoms. The van der Waals surface area contributed by atoms with Gasteiger partial charge >= 0.3 is 0 Å². The largest absolute Gasteiger partial charge is 0.324 e. The number of halogens is 2. The Kier molecular flexibility index (Phi) is 3.84. The lowest BCUT2D eigenvalue weighted by Gasteiger charge is -2.12. The first-order chi connectivity index (χ1) is 7.68. The molecule has 5 heteroatoms. The van der Waals surface area contributed by atoms with Crippen molar-refractivity contribution in [3.63, 3.8) is 0 Å². The van der Waals surface area contributed by atoms with Crippen LogP contribution in [0.3, 0.4) is 0 Å². The van der Waals surface area contributed by atoms with Crippen LogP contribution in [0, 0.1) is 0 Å². The summed E-state index contributed by atoms with van der Waals surface area (Å²) >= 11 is 9.29. The smallest absolute Gasteiger partial charge is 0.241 e. The van der Waals surface area contributed by atoms with Crippen molar-refractivity contribution >= 4 is 39.1 Å². The molecule has 1 aromatic carbocycles. The Morgan fingerprint density at radius 1 is 1.56 bits per heavy atom. The fourth-order valence-electron chi connectivity index (χ4n) is 1.73. The predicted molar refractivity (Wildman–Crippen MR) is 68.8 cm³/mol. The maximum atomic E-state index is 11.8. The SMILES string of the molecule is O=C(Nc1cccc(Cl)c1Br)[C@H]1CCCN1. The Hall–Kier alpha value is -0.580. The van der Waals surface area contributed by atoms with Crippen molar-refractivity contribution in [3.05, 3.63) is 27.7 Å². The zero-order valence-corrected chi connectivity index (χ0v) is 10.9. The van der Waals surface area contributed by atoms with Crippen molar-refractivity contribution in [2.24, 2.45) is 0 Å². The highest BCUT2D eigenvalue weighted by atomic mass is 79.9. The third kappa shape index (κ3) is 2.56. The van der Waals surface area contributed by atoms with E-state index in [4.69, 9.17) is 11.6 Å². The molecular formula is C11H12BrClN2O. The maximum Gasteiger partial charge on any atom is 0.241 e. The predicted octanol–water partition coefficient (Wildman–Crippen LogP) is 2.79. The quantitative estimate of drug-likeness (QED) is 0.882. The van der Waals surface area contributed by atoms with E-state index in [1.807, 2.05) is 12.1 Å². The van der Waals surface area contributed by atoms with Crippen molar-refractivity contribution < 1.29 is 4.79 Å². The van der Waals surface area contributed by atoms with Crippen LogP contribution in [0.15, 0.2) is 22.7 Å². The van der Waals surface area contributed by atoms with E-state index >= 15 is 0 Å². The minimum atomic E-state index is -0.0779. The molecule has 3 nitrogen and oxygen atoms in total. The van der Waals surface area contributed by atoms with Gasteiger partial charge in [0.2, 0.25) is 5.91 Å². The van der Waals surface area contributed by atoms with Gasteiger partial charge in [-0.2, -0.15) is 0 Å². The molecule has 1 amide bonds. The first kappa shape index (κ1) is 11.9. The highest BCUT2D eigenvalue weighted by Gasteiger charge is 2.22. The van der Waals surface area contributed by atoms with E-state index in [1.54, 1.807) is 6.07 Å². The molecular weight excluding hydrogens is 291 g/mol. The minimum absolute atomic E-state index is 0.000432. The molecule has 86 valence electrons. The van der Waals surface area contributed by atoms with E-state index in [9.17, 15) is 4.79 Å². The number of hydrogen-bond donors (Lipinski definition) is 2. The normalized spacial score (nSPS) is 19.8. The molecule has 0 saturated carbocycles. The molecule has 0 unspecified atom stereocenters. The first-order valence-electron chi connectivity index (χ1n) is 5.17. The Bertz CT molecular complexity index is 405. The molecule has 2 N–H and O–H groups in total. The average Bonchev–Trinajstić information content (AvgIpc) is 2.78. The summed E-state index contributed by atoms with van der Waals surface area (Å²) < 4.78 is 0.725. The summed E-state index contributed by atoms with van der Waals surface area (Å²) in [7, 11) is 0. The Morgan fingerprint density at radius 3 is 3.06 bits per heavy atom. The van der Waals surface area contributed by atoms with Gasteiger partial charge in [-0.15, -0.1) is 0 Å². The van der Waals surface area contributed by atoms with Crippen LogP contribution in [-0.2, 0) is 4.79 Å². The zero-order chi connectivity index (χ0) is 11.5. The summed E-state index contributed by atoms with van der Waals surface area (Å²) in [6.45, 7) is 0.912. The molecule has 1 saturated heterocycles. The molecule has 2 rings (SSSR count). The fraction of sp³-hybridized carbons (Fsp3) is 0.364. The van der Waals surface area contributed by atoms with Crippen molar-refractivity contribution in [2.45, 2.75) is 18.9 Å². The topological polar surface area (TPSA) is 41.1 Å². The van der Waals surface area contributed by atoms with E-state index in [2.05, 4.69) is 26.6 Å². The number of carbonyl (C=O) groups is 1. The monoisotopic (exact) mass is 302 g/mol. The summed E-state index contributed by atoms with van der Waals surface area (Å²) in [6.07, 6.45) is 1.94. The molecule has 0 spiro atoms. The molecule has 1 fully saturated rings. The third-order valence-corrected chi connectivity index (χ3v) is 3.98. The lowest BCUT2D eigenvalue weighted by Crippen LogP contribution is -2.35. The molecule has 1 atom stereocenters. The van der Waals surface area contributed by atoms with E-state index in [-0.39, 0.29) is 11.9 Å². The second kappa shape index (κ2) is 5.17. The van der Waals surface area contributed by atoms with Gasteiger partial charge in [0, 0.05) is 0 Å². The van der Waals surface area contributed by atoms with Crippen LogP contribution in [0.1, 0.15) is 12.8 Å². The van der Waals surface area contributed by atoms with Gasteiger partial charge in [0.25, 0.3) is 0 Å². The lowest BCUT2D eigenvalue weighted by molar-refractivity contribution is -0.117. The molecule has 1 aliphatic heterocycles. The van der Waals surface area contributed by atoms with E-state index < -0.39 is 0 Å². The summed E-state index contributed by atoms with van der Waals surface area (Å²) in [6, 6.07) is 5.33. The third-order valence-electron chi connectivity index (χ3n) is 2.59. The number of amides is 1. The van der Waals surface area contributed by atoms with Gasteiger partial charge in [0.05, 0.1) is 21.2 Å². The Labute approximate surface area is 108 Å². The second-order valence-corrected chi connectivity index (χ2v) is 4.94. The Balaban J connectivity index is 2.08. The van der Waals surface area contributed by atoms with Crippen molar-refractivity contribution in [3.8, 4) is 0 Å².